The predicted octanol–water partition coefficient (Wildman–Crippen LogP) is -1.07. The van der Waals surface area contributed by atoms with Crippen molar-refractivity contribution in [1.82, 2.24) is 5.32 Å². The lowest BCUT2D eigenvalue weighted by molar-refractivity contribution is -0.0336. The molecule has 2 unspecified atom stereocenters. The van der Waals surface area contributed by atoms with Crippen molar-refractivity contribution in [3.05, 3.63) is 0 Å². The van der Waals surface area contributed by atoms with E-state index >= 15 is 0 Å². The van der Waals surface area contributed by atoms with E-state index in [1.807, 2.05) is 6.92 Å². The van der Waals surface area contributed by atoms with Crippen LogP contribution in [-0.4, -0.2) is 30.4 Å². The number of hydrogen-bond acceptors (Lipinski definition) is 6. The zero-order valence-corrected chi connectivity index (χ0v) is 9.55. The third-order valence-electron chi connectivity index (χ3n) is 2.24. The van der Waals surface area contributed by atoms with Crippen molar-refractivity contribution in [1.29, 1.82) is 0 Å². The number of aliphatic hydroxyl groups is 1. The van der Waals surface area contributed by atoms with Crippen LogP contribution in [0.25, 0.3) is 0 Å². The maximum absolute atomic E-state index is 10.6. The van der Waals surface area contributed by atoms with E-state index in [9.17, 15) is 4.57 Å². The second-order valence-corrected chi connectivity index (χ2v) is 4.56. The van der Waals surface area contributed by atoms with Crippen molar-refractivity contribution in [2.45, 2.75) is 32.0 Å². The van der Waals surface area contributed by atoms with Gasteiger partial charge >= 0.3 is 0 Å². The smallest absolute Gasteiger partial charge is 0.255 e. The number of ether oxygens (including phenoxy) is 1. The Balaban J connectivity index is 2.31. The zero-order chi connectivity index (χ0) is 11.4. The number of nitrogens with one attached hydrogen (secondary N) is 1. The molecule has 90 valence electrons. The Morgan fingerprint density at radius 2 is 2.47 bits per heavy atom. The fourth-order valence-corrected chi connectivity index (χ4v) is 1.94. The van der Waals surface area contributed by atoms with Crippen molar-refractivity contribution in [3.63, 3.8) is 0 Å². The van der Waals surface area contributed by atoms with Crippen LogP contribution < -0.4 is 16.6 Å². The normalized spacial score (nSPS) is 35.3. The van der Waals surface area contributed by atoms with E-state index in [2.05, 4.69) is 5.32 Å². The maximum Gasteiger partial charge on any atom is 0.255 e. The summed E-state index contributed by atoms with van der Waals surface area (Å²) in [6.45, 7) is 2.17. The minimum Gasteiger partial charge on any atom is -0.366 e. The lowest BCUT2D eigenvalue weighted by Gasteiger charge is -2.18. The summed E-state index contributed by atoms with van der Waals surface area (Å²) >= 11 is 0. The molecule has 0 amide bonds. The molecule has 0 radical (unpaired) electrons. The van der Waals surface area contributed by atoms with Crippen molar-refractivity contribution < 1.29 is 18.9 Å². The highest BCUT2D eigenvalue weighted by molar-refractivity contribution is 7.36. The average molecular weight is 239 g/mol. The molecule has 1 saturated heterocycles. The molecule has 0 spiro atoms. The summed E-state index contributed by atoms with van der Waals surface area (Å²) in [5.74, 6) is 0.205. The first kappa shape index (κ1) is 13.1. The summed E-state index contributed by atoms with van der Waals surface area (Å²) in [6, 6.07) is 0. The Morgan fingerprint density at radius 1 is 1.80 bits per heavy atom. The molecule has 0 aromatic heterocycles. The lowest BCUT2D eigenvalue weighted by Crippen LogP contribution is -2.46. The fraction of sp³-hybridized carbons (Fsp3) is 1.00. The largest absolute Gasteiger partial charge is 0.366 e. The molecule has 1 heterocycles. The van der Waals surface area contributed by atoms with Crippen LogP contribution >= 0.6 is 8.18 Å². The van der Waals surface area contributed by atoms with Gasteiger partial charge in [0.25, 0.3) is 8.18 Å². The Bertz CT molecular complexity index is 228. The second-order valence-electron chi connectivity index (χ2n) is 3.63. The molecule has 15 heavy (non-hydrogen) atoms. The monoisotopic (exact) mass is 239 g/mol. The standard InChI is InChI=1S/C7H18N3O4P/c1-4-2-5(3-13-15(9)12)14-6(4)10-7(8)11/h4-7,10-11,15H,2-3,8H2,1H3,(H2,9,12)/t4-,5-,6+,7?/m0/s1. The molecule has 0 saturated carbocycles. The first-order chi connectivity index (χ1) is 6.99. The number of nitrogens with two attached hydrogens (primary N) is 2. The third-order valence-corrected chi connectivity index (χ3v) is 2.69. The SMILES string of the molecule is C[C@H]1C[C@@H](CO[PH](N)=O)O[C@H]1NC(N)O. The first-order valence-electron chi connectivity index (χ1n) is 4.76. The molecule has 0 aromatic carbocycles. The Hall–Kier alpha value is -0.0100. The summed E-state index contributed by atoms with van der Waals surface area (Å²) < 4.78 is 20.8. The molecule has 0 aromatic rings. The van der Waals surface area contributed by atoms with Crippen LogP contribution in [0.3, 0.4) is 0 Å². The first-order valence-corrected chi connectivity index (χ1v) is 6.16. The third kappa shape index (κ3) is 4.56. The Morgan fingerprint density at radius 3 is 3.00 bits per heavy atom. The van der Waals surface area contributed by atoms with Gasteiger partial charge in [-0.2, -0.15) is 0 Å². The average Bonchev–Trinajstić information content (AvgIpc) is 2.43. The zero-order valence-electron chi connectivity index (χ0n) is 8.55. The molecular formula is C7H18N3O4P. The van der Waals surface area contributed by atoms with Crippen LogP contribution in [0.2, 0.25) is 0 Å². The fourth-order valence-electron chi connectivity index (χ4n) is 1.59. The van der Waals surface area contributed by atoms with Crippen LogP contribution in [0.15, 0.2) is 0 Å². The maximum atomic E-state index is 10.6. The molecule has 1 rings (SSSR count). The van der Waals surface area contributed by atoms with E-state index in [4.69, 9.17) is 25.6 Å². The van der Waals surface area contributed by atoms with Gasteiger partial charge in [-0.15, -0.1) is 0 Å². The van der Waals surface area contributed by atoms with Gasteiger partial charge in [-0.05, 0) is 12.3 Å². The lowest BCUT2D eigenvalue weighted by atomic mass is 10.1. The van der Waals surface area contributed by atoms with E-state index < -0.39 is 14.5 Å². The molecule has 6 N–H and O–H groups in total. The van der Waals surface area contributed by atoms with Crippen LogP contribution in [0.4, 0.5) is 0 Å². The summed E-state index contributed by atoms with van der Waals surface area (Å²) in [4.78, 5) is 0. The highest BCUT2D eigenvalue weighted by Crippen LogP contribution is 2.26. The molecule has 0 aliphatic carbocycles. The van der Waals surface area contributed by atoms with Crippen LogP contribution in [0, 0.1) is 5.92 Å². The van der Waals surface area contributed by atoms with E-state index in [0.717, 1.165) is 6.42 Å². The van der Waals surface area contributed by atoms with E-state index in [-0.39, 0.29) is 24.9 Å². The molecular weight excluding hydrogens is 221 g/mol. The molecule has 5 atom stereocenters. The van der Waals surface area contributed by atoms with Gasteiger partial charge in [0, 0.05) is 0 Å². The molecule has 1 aliphatic heterocycles. The second kappa shape index (κ2) is 5.91. The number of aliphatic hydroxyl groups excluding tert-OH is 1. The summed E-state index contributed by atoms with van der Waals surface area (Å²) in [5.41, 5.74) is 10.2. The van der Waals surface area contributed by atoms with Gasteiger partial charge in [-0.25, -0.2) is 0 Å². The van der Waals surface area contributed by atoms with Crippen LogP contribution in [0.5, 0.6) is 0 Å². The van der Waals surface area contributed by atoms with E-state index in [0.29, 0.717) is 0 Å². The molecule has 0 bridgehead atoms. The molecule has 1 fully saturated rings. The van der Waals surface area contributed by atoms with Crippen molar-refractivity contribution >= 4 is 8.18 Å². The van der Waals surface area contributed by atoms with Crippen molar-refractivity contribution in [2.75, 3.05) is 6.61 Å². The van der Waals surface area contributed by atoms with Gasteiger partial charge in [-0.1, -0.05) is 6.92 Å². The quantitative estimate of drug-likeness (QED) is 0.356. The summed E-state index contributed by atoms with van der Waals surface area (Å²) in [7, 11) is -2.40. The highest BCUT2D eigenvalue weighted by atomic mass is 31.1. The number of hydrogen-bond donors (Lipinski definition) is 4. The molecule has 7 nitrogen and oxygen atoms in total. The minimum atomic E-state index is -2.40. The van der Waals surface area contributed by atoms with Gasteiger partial charge in [0.15, 0.2) is 6.35 Å². The van der Waals surface area contributed by atoms with E-state index in [1.165, 1.54) is 0 Å². The predicted molar refractivity (Wildman–Crippen MR) is 54.9 cm³/mol. The van der Waals surface area contributed by atoms with Gasteiger partial charge in [0.05, 0.1) is 12.7 Å². The highest BCUT2D eigenvalue weighted by Gasteiger charge is 2.32. The van der Waals surface area contributed by atoms with Gasteiger partial charge < -0.3 is 14.4 Å². The summed E-state index contributed by atoms with van der Waals surface area (Å²) in [5, 5.41) is 11.6. The Kier molecular flexibility index (Phi) is 5.14. The molecule has 1 aliphatic rings. The summed E-state index contributed by atoms with van der Waals surface area (Å²) in [6.07, 6.45) is -0.822. The molecule has 8 heteroatoms. The topological polar surface area (TPSA) is 120 Å². The van der Waals surface area contributed by atoms with E-state index in [1.54, 1.807) is 0 Å². The van der Waals surface area contributed by atoms with Crippen molar-refractivity contribution in [2.24, 2.45) is 17.2 Å². The Labute approximate surface area is 89.0 Å². The van der Waals surface area contributed by atoms with Gasteiger partial charge in [0.2, 0.25) is 0 Å². The van der Waals surface area contributed by atoms with Crippen molar-refractivity contribution in [3.8, 4) is 0 Å². The van der Waals surface area contributed by atoms with Gasteiger partial charge in [0.1, 0.15) is 6.23 Å². The number of rotatable bonds is 5. The van der Waals surface area contributed by atoms with Crippen LogP contribution in [0.1, 0.15) is 13.3 Å². The van der Waals surface area contributed by atoms with Gasteiger partial charge in [-0.3, -0.25) is 21.1 Å². The van der Waals surface area contributed by atoms with Crippen LogP contribution in [-0.2, 0) is 13.8 Å². The minimum absolute atomic E-state index is 0.159.